The second-order valence-electron chi connectivity index (χ2n) is 6.55. The lowest BCUT2D eigenvalue weighted by Crippen LogP contribution is -2.41. The zero-order valence-corrected chi connectivity index (χ0v) is 15.8. The normalized spacial score (nSPS) is 15.6. The van der Waals surface area contributed by atoms with Crippen molar-refractivity contribution in [1.29, 1.82) is 0 Å². The molecule has 1 amide bonds. The summed E-state index contributed by atoms with van der Waals surface area (Å²) < 4.78 is 40.1. The van der Waals surface area contributed by atoms with E-state index < -0.39 is 40.3 Å². The summed E-state index contributed by atoms with van der Waals surface area (Å²) in [6.07, 6.45) is -4.32. The molecule has 156 valence electrons. The number of rotatable bonds is 3. The summed E-state index contributed by atoms with van der Waals surface area (Å²) in [4.78, 5) is 36.4. The van der Waals surface area contributed by atoms with E-state index in [0.717, 1.165) is 17.8 Å². The lowest BCUT2D eigenvalue weighted by molar-refractivity contribution is -0.384. The molecule has 2 heterocycles. The summed E-state index contributed by atoms with van der Waals surface area (Å²) in [5.41, 5.74) is -1.20. The Kier molecular flexibility index (Phi) is 5.39. The number of likely N-dealkylation sites (tertiary alicyclic amines) is 1. The number of carbonyl (C=O) groups excluding carboxylic acids is 1. The first-order valence-electron chi connectivity index (χ1n) is 8.46. The molecular formula is C16H15ClF3N5O4. The molecule has 0 radical (unpaired) electrons. The zero-order valence-electron chi connectivity index (χ0n) is 15.0. The van der Waals surface area contributed by atoms with Crippen LogP contribution < -0.4 is 5.69 Å². The van der Waals surface area contributed by atoms with Crippen LogP contribution in [0.5, 0.6) is 0 Å². The minimum Gasteiger partial charge on any atom is -0.338 e. The van der Waals surface area contributed by atoms with Crippen molar-refractivity contribution in [3.05, 3.63) is 55.2 Å². The molecule has 2 aromatic rings. The Hall–Kier alpha value is -2.89. The summed E-state index contributed by atoms with van der Waals surface area (Å²) >= 11 is 5.74. The maximum absolute atomic E-state index is 12.9. The Morgan fingerprint density at radius 1 is 1.31 bits per heavy atom. The smallest absolute Gasteiger partial charge is 0.338 e. The van der Waals surface area contributed by atoms with Crippen LogP contribution in [0, 0.1) is 10.1 Å². The Labute approximate surface area is 166 Å². The Morgan fingerprint density at radius 2 is 1.93 bits per heavy atom. The number of piperidine rings is 1. The van der Waals surface area contributed by atoms with Crippen molar-refractivity contribution < 1.29 is 22.9 Å². The predicted molar refractivity (Wildman–Crippen MR) is 94.8 cm³/mol. The second-order valence-corrected chi connectivity index (χ2v) is 6.96. The Bertz CT molecular complexity index is 1020. The fourth-order valence-corrected chi connectivity index (χ4v) is 3.41. The third-order valence-electron chi connectivity index (χ3n) is 4.74. The molecule has 1 fully saturated rings. The van der Waals surface area contributed by atoms with E-state index >= 15 is 0 Å². The first-order valence-corrected chi connectivity index (χ1v) is 8.84. The van der Waals surface area contributed by atoms with Gasteiger partial charge in [0.1, 0.15) is 5.02 Å². The van der Waals surface area contributed by atoms with E-state index in [0.29, 0.717) is 4.57 Å². The Balaban J connectivity index is 1.75. The molecule has 0 saturated carbocycles. The van der Waals surface area contributed by atoms with Crippen LogP contribution in [0.3, 0.4) is 0 Å². The average molecular weight is 434 g/mol. The number of nitro benzene ring substituents is 1. The molecule has 9 nitrogen and oxygen atoms in total. The van der Waals surface area contributed by atoms with Crippen molar-refractivity contribution in [1.82, 2.24) is 19.2 Å². The van der Waals surface area contributed by atoms with Crippen LogP contribution in [0.1, 0.15) is 35.1 Å². The highest BCUT2D eigenvalue weighted by atomic mass is 35.5. The number of alkyl halides is 3. The first-order chi connectivity index (χ1) is 13.5. The van der Waals surface area contributed by atoms with Gasteiger partial charge in [0.2, 0.25) is 5.82 Å². The van der Waals surface area contributed by atoms with Gasteiger partial charge in [-0.2, -0.15) is 13.2 Å². The van der Waals surface area contributed by atoms with E-state index in [9.17, 15) is 32.9 Å². The van der Waals surface area contributed by atoms with Gasteiger partial charge in [0.25, 0.3) is 11.6 Å². The van der Waals surface area contributed by atoms with Crippen LogP contribution in [-0.2, 0) is 13.2 Å². The first kappa shape index (κ1) is 20.8. The van der Waals surface area contributed by atoms with Gasteiger partial charge in [-0.3, -0.25) is 19.5 Å². The lowest BCUT2D eigenvalue weighted by Gasteiger charge is -2.31. The van der Waals surface area contributed by atoms with E-state index in [1.807, 2.05) is 0 Å². The molecule has 0 aliphatic carbocycles. The number of benzene rings is 1. The minimum atomic E-state index is -4.75. The van der Waals surface area contributed by atoms with Crippen molar-refractivity contribution in [2.45, 2.75) is 25.1 Å². The summed E-state index contributed by atoms with van der Waals surface area (Å²) in [5.74, 6) is -1.75. The summed E-state index contributed by atoms with van der Waals surface area (Å²) in [7, 11) is 1.00. The number of amides is 1. The van der Waals surface area contributed by atoms with Gasteiger partial charge in [-0.25, -0.2) is 9.48 Å². The second kappa shape index (κ2) is 7.50. The number of aromatic nitrogens is 3. The van der Waals surface area contributed by atoms with E-state index in [1.54, 1.807) is 0 Å². The van der Waals surface area contributed by atoms with E-state index in [1.165, 1.54) is 17.0 Å². The van der Waals surface area contributed by atoms with Gasteiger partial charge in [0.15, 0.2) is 0 Å². The molecule has 1 aromatic carbocycles. The van der Waals surface area contributed by atoms with Gasteiger partial charge < -0.3 is 4.90 Å². The molecule has 0 unspecified atom stereocenters. The molecule has 1 aromatic heterocycles. The fourth-order valence-electron chi connectivity index (χ4n) is 3.22. The molecule has 1 aliphatic heterocycles. The third-order valence-corrected chi connectivity index (χ3v) is 5.06. The number of nitro groups is 1. The highest BCUT2D eigenvalue weighted by Gasteiger charge is 2.39. The third kappa shape index (κ3) is 3.97. The maximum atomic E-state index is 12.9. The maximum Gasteiger partial charge on any atom is 0.451 e. The van der Waals surface area contributed by atoms with Crippen LogP contribution >= 0.6 is 11.6 Å². The van der Waals surface area contributed by atoms with Gasteiger partial charge in [-0.15, -0.1) is 5.10 Å². The van der Waals surface area contributed by atoms with Gasteiger partial charge in [0.05, 0.1) is 11.0 Å². The number of nitrogens with zero attached hydrogens (tertiary/aromatic N) is 5. The number of hydrogen-bond acceptors (Lipinski definition) is 5. The van der Waals surface area contributed by atoms with Crippen molar-refractivity contribution >= 4 is 23.2 Å². The number of carbonyl (C=O) groups is 1. The largest absolute Gasteiger partial charge is 0.451 e. The summed E-state index contributed by atoms with van der Waals surface area (Å²) in [6.45, 7) is 0.314. The van der Waals surface area contributed by atoms with Gasteiger partial charge >= 0.3 is 11.9 Å². The fraction of sp³-hybridized carbons (Fsp3) is 0.438. The number of halogens is 4. The van der Waals surface area contributed by atoms with Crippen molar-refractivity contribution in [2.24, 2.45) is 7.05 Å². The molecule has 29 heavy (non-hydrogen) atoms. The molecule has 0 spiro atoms. The van der Waals surface area contributed by atoms with Crippen molar-refractivity contribution in [3.8, 4) is 0 Å². The van der Waals surface area contributed by atoms with Gasteiger partial charge in [0, 0.05) is 31.8 Å². The minimum absolute atomic E-state index is 0.0777. The molecule has 1 saturated heterocycles. The quantitative estimate of drug-likeness (QED) is 0.547. The SMILES string of the molecule is Cn1c(C(F)(F)F)nn(C2CCN(C(=O)c3ccc(Cl)c([N+](=O)[O-])c3)CC2)c1=O. The van der Waals surface area contributed by atoms with Crippen LogP contribution in [0.15, 0.2) is 23.0 Å². The van der Waals surface area contributed by atoms with Crippen molar-refractivity contribution in [2.75, 3.05) is 13.1 Å². The zero-order chi connectivity index (χ0) is 21.5. The topological polar surface area (TPSA) is 103 Å². The van der Waals surface area contributed by atoms with Gasteiger partial charge in [-0.05, 0) is 25.0 Å². The van der Waals surface area contributed by atoms with E-state index in [2.05, 4.69) is 5.10 Å². The predicted octanol–water partition coefficient (Wildman–Crippen LogP) is 2.64. The molecule has 0 N–H and O–H groups in total. The number of hydrogen-bond donors (Lipinski definition) is 0. The monoisotopic (exact) mass is 433 g/mol. The van der Waals surface area contributed by atoms with Crippen molar-refractivity contribution in [3.63, 3.8) is 0 Å². The highest BCUT2D eigenvalue weighted by Crippen LogP contribution is 2.29. The molecule has 1 aliphatic rings. The lowest BCUT2D eigenvalue weighted by atomic mass is 10.0. The van der Waals surface area contributed by atoms with E-state index in [4.69, 9.17) is 11.6 Å². The van der Waals surface area contributed by atoms with Crippen LogP contribution in [0.25, 0.3) is 0 Å². The molecule has 0 atom stereocenters. The highest BCUT2D eigenvalue weighted by molar-refractivity contribution is 6.32. The standard InChI is InChI=1S/C16H15ClF3N5O4/c1-22-14(16(18,19)20)21-24(15(22)27)10-4-6-23(7-5-10)13(26)9-2-3-11(17)12(8-9)25(28)29/h2-3,8,10H,4-7H2,1H3. The molecule has 0 bridgehead atoms. The summed E-state index contributed by atoms with van der Waals surface area (Å²) in [5, 5.41) is 14.3. The van der Waals surface area contributed by atoms with Crippen LogP contribution in [0.2, 0.25) is 5.02 Å². The molecule has 3 rings (SSSR count). The molecule has 13 heteroatoms. The average Bonchev–Trinajstić information content (AvgIpc) is 2.97. The van der Waals surface area contributed by atoms with Gasteiger partial charge in [-0.1, -0.05) is 11.6 Å². The van der Waals surface area contributed by atoms with Crippen LogP contribution in [-0.4, -0.2) is 43.2 Å². The Morgan fingerprint density at radius 3 is 2.45 bits per heavy atom. The van der Waals surface area contributed by atoms with E-state index in [-0.39, 0.29) is 36.5 Å². The summed E-state index contributed by atoms with van der Waals surface area (Å²) in [6, 6.07) is 3.11. The molecular weight excluding hydrogens is 419 g/mol. The van der Waals surface area contributed by atoms with Crippen LogP contribution in [0.4, 0.5) is 18.9 Å².